The smallest absolute Gasteiger partial charge is 0.302 e. The molecule has 2 fully saturated rings. The highest BCUT2D eigenvalue weighted by Crippen LogP contribution is 2.36. The maximum absolute atomic E-state index is 11.4. The standard InChI is InChI=1S/C18H25NO3/c1-13(20)22-18-15-4-2-3-5-16(18)12-19(11-15)10-14-6-8-17(21)9-7-14/h6-9,15-16,18,21H,2-5,10-12H2,1H3/t15-,16+,18?. The summed E-state index contributed by atoms with van der Waals surface area (Å²) < 4.78 is 5.65. The first-order valence-corrected chi connectivity index (χ1v) is 8.29. The maximum Gasteiger partial charge on any atom is 0.302 e. The van der Waals surface area contributed by atoms with Crippen molar-refractivity contribution < 1.29 is 14.6 Å². The van der Waals surface area contributed by atoms with Crippen LogP contribution in [0.1, 0.15) is 38.2 Å². The quantitative estimate of drug-likeness (QED) is 0.872. The molecule has 1 aromatic carbocycles. The molecule has 120 valence electrons. The number of esters is 1. The number of ether oxygens (including phenoxy) is 1. The molecule has 1 aliphatic carbocycles. The van der Waals surface area contributed by atoms with Crippen LogP contribution in [-0.2, 0) is 16.1 Å². The van der Waals surface area contributed by atoms with Gasteiger partial charge in [0.15, 0.2) is 0 Å². The molecule has 1 N–H and O–H groups in total. The molecule has 4 nitrogen and oxygen atoms in total. The van der Waals surface area contributed by atoms with Gasteiger partial charge in [-0.25, -0.2) is 0 Å². The lowest BCUT2D eigenvalue weighted by molar-refractivity contribution is -0.157. The summed E-state index contributed by atoms with van der Waals surface area (Å²) >= 11 is 0. The van der Waals surface area contributed by atoms with Crippen LogP contribution in [0.15, 0.2) is 24.3 Å². The zero-order chi connectivity index (χ0) is 15.5. The third kappa shape index (κ3) is 3.61. The summed E-state index contributed by atoms with van der Waals surface area (Å²) in [5, 5.41) is 9.39. The van der Waals surface area contributed by atoms with Crippen molar-refractivity contribution in [1.29, 1.82) is 0 Å². The van der Waals surface area contributed by atoms with Gasteiger partial charge < -0.3 is 9.84 Å². The fraction of sp³-hybridized carbons (Fsp3) is 0.611. The zero-order valence-electron chi connectivity index (χ0n) is 13.2. The molecule has 0 spiro atoms. The molecule has 22 heavy (non-hydrogen) atoms. The largest absolute Gasteiger partial charge is 0.508 e. The Morgan fingerprint density at radius 1 is 1.18 bits per heavy atom. The summed E-state index contributed by atoms with van der Waals surface area (Å²) in [6, 6.07) is 7.45. The van der Waals surface area contributed by atoms with Crippen molar-refractivity contribution in [2.24, 2.45) is 11.8 Å². The predicted molar refractivity (Wildman–Crippen MR) is 84.4 cm³/mol. The summed E-state index contributed by atoms with van der Waals surface area (Å²) in [5.41, 5.74) is 1.22. The number of carbonyl (C=O) groups is 1. The lowest BCUT2D eigenvalue weighted by Gasteiger charge is -2.42. The summed E-state index contributed by atoms with van der Waals surface area (Å²) in [7, 11) is 0. The van der Waals surface area contributed by atoms with Gasteiger partial charge in [-0.15, -0.1) is 0 Å². The maximum atomic E-state index is 11.4. The molecular formula is C18H25NO3. The van der Waals surface area contributed by atoms with Crippen molar-refractivity contribution in [3.05, 3.63) is 29.8 Å². The molecule has 3 rings (SSSR count). The topological polar surface area (TPSA) is 49.8 Å². The summed E-state index contributed by atoms with van der Waals surface area (Å²) in [5.74, 6) is 1.09. The molecule has 2 bridgehead atoms. The van der Waals surface area contributed by atoms with Crippen LogP contribution in [0.4, 0.5) is 0 Å². The number of hydrogen-bond acceptors (Lipinski definition) is 4. The van der Waals surface area contributed by atoms with E-state index in [-0.39, 0.29) is 12.1 Å². The van der Waals surface area contributed by atoms with Crippen molar-refractivity contribution in [1.82, 2.24) is 4.90 Å². The van der Waals surface area contributed by atoms with Gasteiger partial charge in [0.2, 0.25) is 0 Å². The Kier molecular flexibility index (Phi) is 4.67. The molecule has 1 aliphatic heterocycles. The second kappa shape index (κ2) is 6.69. The number of phenols is 1. The van der Waals surface area contributed by atoms with Gasteiger partial charge in [0.05, 0.1) is 0 Å². The number of nitrogens with zero attached hydrogens (tertiary/aromatic N) is 1. The van der Waals surface area contributed by atoms with E-state index in [9.17, 15) is 9.90 Å². The Morgan fingerprint density at radius 3 is 2.32 bits per heavy atom. The van der Waals surface area contributed by atoms with Gasteiger partial charge in [-0.3, -0.25) is 9.69 Å². The Hall–Kier alpha value is -1.55. The van der Waals surface area contributed by atoms with Crippen LogP contribution in [-0.4, -0.2) is 35.2 Å². The van der Waals surface area contributed by atoms with Crippen LogP contribution < -0.4 is 0 Å². The molecule has 0 radical (unpaired) electrons. The number of hydrogen-bond donors (Lipinski definition) is 1. The summed E-state index contributed by atoms with van der Waals surface area (Å²) in [4.78, 5) is 13.9. The number of fused-ring (bicyclic) bond motifs is 2. The fourth-order valence-corrected chi connectivity index (χ4v) is 4.03. The minimum atomic E-state index is -0.145. The van der Waals surface area contributed by atoms with Crippen LogP contribution >= 0.6 is 0 Å². The van der Waals surface area contributed by atoms with E-state index in [2.05, 4.69) is 4.90 Å². The lowest BCUT2D eigenvalue weighted by atomic mass is 9.84. The van der Waals surface area contributed by atoms with E-state index in [0.717, 1.165) is 32.5 Å². The van der Waals surface area contributed by atoms with E-state index in [1.54, 1.807) is 12.1 Å². The number of benzene rings is 1. The normalized spacial score (nSPS) is 28.9. The Balaban J connectivity index is 1.69. The molecule has 0 aromatic heterocycles. The van der Waals surface area contributed by atoms with Crippen molar-refractivity contribution in [3.63, 3.8) is 0 Å². The first kappa shape index (κ1) is 15.3. The summed E-state index contributed by atoms with van der Waals surface area (Å²) in [6.07, 6.45) is 4.90. The van der Waals surface area contributed by atoms with Gasteiger partial charge >= 0.3 is 5.97 Å². The second-order valence-corrected chi connectivity index (χ2v) is 6.74. The molecule has 1 heterocycles. The van der Waals surface area contributed by atoms with Gasteiger partial charge in [0, 0.05) is 38.4 Å². The zero-order valence-corrected chi connectivity index (χ0v) is 13.2. The summed E-state index contributed by atoms with van der Waals surface area (Å²) in [6.45, 7) is 4.42. The number of aromatic hydroxyl groups is 1. The molecule has 3 atom stereocenters. The molecule has 0 amide bonds. The van der Waals surface area contributed by atoms with Gasteiger partial charge in [-0.2, -0.15) is 0 Å². The number of likely N-dealkylation sites (tertiary alicyclic amines) is 1. The average molecular weight is 303 g/mol. The highest BCUT2D eigenvalue weighted by molar-refractivity contribution is 5.66. The van der Waals surface area contributed by atoms with Crippen molar-refractivity contribution in [2.75, 3.05) is 13.1 Å². The monoisotopic (exact) mass is 303 g/mol. The van der Waals surface area contributed by atoms with E-state index in [0.29, 0.717) is 17.6 Å². The highest BCUT2D eigenvalue weighted by atomic mass is 16.5. The predicted octanol–water partition coefficient (Wildman–Crippen LogP) is 2.95. The van der Waals surface area contributed by atoms with Gasteiger partial charge in [0.1, 0.15) is 11.9 Å². The van der Waals surface area contributed by atoms with E-state index in [4.69, 9.17) is 4.74 Å². The Morgan fingerprint density at radius 2 is 1.77 bits per heavy atom. The highest BCUT2D eigenvalue weighted by Gasteiger charge is 2.39. The van der Waals surface area contributed by atoms with E-state index < -0.39 is 0 Å². The lowest BCUT2D eigenvalue weighted by Crippen LogP contribution is -2.49. The third-order valence-corrected chi connectivity index (χ3v) is 4.96. The minimum Gasteiger partial charge on any atom is -0.508 e. The van der Waals surface area contributed by atoms with E-state index in [1.165, 1.54) is 25.3 Å². The van der Waals surface area contributed by atoms with E-state index in [1.807, 2.05) is 12.1 Å². The number of phenolic OH excluding ortho intramolecular Hbond substituents is 1. The molecule has 2 aliphatic rings. The van der Waals surface area contributed by atoms with Crippen molar-refractivity contribution >= 4 is 5.97 Å². The van der Waals surface area contributed by atoms with Crippen LogP contribution in [0.5, 0.6) is 5.75 Å². The van der Waals surface area contributed by atoms with Gasteiger partial charge in [0.25, 0.3) is 0 Å². The first-order valence-electron chi connectivity index (χ1n) is 8.29. The van der Waals surface area contributed by atoms with Crippen LogP contribution in [0, 0.1) is 11.8 Å². The molecule has 1 aromatic rings. The Bertz CT molecular complexity index is 498. The fourth-order valence-electron chi connectivity index (χ4n) is 4.03. The number of piperidine rings is 1. The number of rotatable bonds is 3. The van der Waals surface area contributed by atoms with Crippen LogP contribution in [0.3, 0.4) is 0 Å². The van der Waals surface area contributed by atoms with Gasteiger partial charge in [-0.1, -0.05) is 25.0 Å². The third-order valence-electron chi connectivity index (χ3n) is 4.96. The van der Waals surface area contributed by atoms with E-state index >= 15 is 0 Å². The second-order valence-electron chi connectivity index (χ2n) is 6.74. The van der Waals surface area contributed by atoms with Gasteiger partial charge in [-0.05, 0) is 30.5 Å². The number of carbonyl (C=O) groups excluding carboxylic acids is 1. The Labute approximate surface area is 132 Å². The molecular weight excluding hydrogens is 278 g/mol. The molecule has 1 saturated heterocycles. The first-order chi connectivity index (χ1) is 10.6. The average Bonchev–Trinajstić information content (AvgIpc) is 2.59. The minimum absolute atomic E-state index is 0.107. The SMILES string of the molecule is CC(=O)OC1[C@@H]2CCCC[C@H]1CN(Cc1ccc(O)cc1)C2. The molecule has 4 heteroatoms. The van der Waals surface area contributed by atoms with Crippen molar-refractivity contribution in [2.45, 2.75) is 45.3 Å². The van der Waals surface area contributed by atoms with Crippen LogP contribution in [0.25, 0.3) is 0 Å². The van der Waals surface area contributed by atoms with Crippen LogP contribution in [0.2, 0.25) is 0 Å². The molecule has 1 unspecified atom stereocenters. The molecule has 1 saturated carbocycles. The van der Waals surface area contributed by atoms with Crippen molar-refractivity contribution in [3.8, 4) is 5.75 Å².